The lowest BCUT2D eigenvalue weighted by molar-refractivity contribution is 1.06. The SMILES string of the molecule is Cc1ccc(-c2ccc3c4ccccc4n(-c4ccc(-c5cccc6c7ccccc7n(-c7ccccc7)c56)cc4-c4nc(-c5ccccc5)nc(-c5ccccc5)n4)c3c2)cc1. The molecular weight excluding hydrogens is 767 g/mol. The Hall–Kier alpha value is -8.41. The Balaban J connectivity index is 1.18. The molecule has 0 radical (unpaired) electrons. The van der Waals surface area contributed by atoms with Crippen LogP contribution < -0.4 is 0 Å². The van der Waals surface area contributed by atoms with Crippen molar-refractivity contribution in [1.82, 2.24) is 24.1 Å². The Labute approximate surface area is 364 Å². The first-order valence-electron chi connectivity index (χ1n) is 21.4. The maximum atomic E-state index is 5.36. The summed E-state index contributed by atoms with van der Waals surface area (Å²) in [6, 6.07) is 77.6. The van der Waals surface area contributed by atoms with E-state index in [1.165, 1.54) is 32.7 Å². The molecule has 0 bridgehead atoms. The van der Waals surface area contributed by atoms with Crippen LogP contribution in [0.4, 0.5) is 0 Å². The molecule has 0 atom stereocenters. The first-order chi connectivity index (χ1) is 31.2. The standard InChI is InChI=1S/C58H39N5/c1-38-28-30-39(31-29-38)42-32-34-48-46-22-11-14-27-52(46)63(54(48)37-42)53-35-33-43(45-24-15-25-49-47-23-12-13-26-51(47)62(55(45)49)44-20-9-4-10-21-44)36-50(53)58-60-56(40-16-5-2-6-17-40)59-57(61-58)41-18-7-3-8-19-41/h2-37H,1H3. The first kappa shape index (κ1) is 36.4. The van der Waals surface area contributed by atoms with Crippen molar-refractivity contribution in [2.75, 3.05) is 0 Å². The molecule has 0 aliphatic carbocycles. The van der Waals surface area contributed by atoms with Crippen LogP contribution in [0.5, 0.6) is 0 Å². The predicted octanol–water partition coefficient (Wildman–Crippen LogP) is 14.7. The van der Waals surface area contributed by atoms with E-state index in [-0.39, 0.29) is 0 Å². The van der Waals surface area contributed by atoms with Gasteiger partial charge < -0.3 is 9.13 Å². The van der Waals surface area contributed by atoms with Gasteiger partial charge in [0.15, 0.2) is 17.5 Å². The molecule has 63 heavy (non-hydrogen) atoms. The van der Waals surface area contributed by atoms with E-state index in [9.17, 15) is 0 Å². The van der Waals surface area contributed by atoms with E-state index in [0.717, 1.165) is 66.8 Å². The lowest BCUT2D eigenvalue weighted by Crippen LogP contribution is -2.04. The number of aryl methyl sites for hydroxylation is 1. The van der Waals surface area contributed by atoms with Gasteiger partial charge >= 0.3 is 0 Å². The van der Waals surface area contributed by atoms with Crippen LogP contribution in [0.15, 0.2) is 218 Å². The van der Waals surface area contributed by atoms with Crippen LogP contribution in [0.25, 0.3) is 111 Å². The molecule has 0 N–H and O–H groups in total. The quantitative estimate of drug-likeness (QED) is 0.161. The molecule has 0 fully saturated rings. The van der Waals surface area contributed by atoms with Crippen LogP contribution in [0, 0.1) is 6.92 Å². The summed E-state index contributed by atoms with van der Waals surface area (Å²) in [5.41, 5.74) is 15.1. The molecule has 3 aromatic heterocycles. The number of nitrogens with zero attached hydrogens (tertiary/aromatic N) is 5. The van der Waals surface area contributed by atoms with Gasteiger partial charge in [0.05, 0.1) is 27.8 Å². The summed E-state index contributed by atoms with van der Waals surface area (Å²) in [6.07, 6.45) is 0. The zero-order valence-electron chi connectivity index (χ0n) is 34.5. The maximum Gasteiger partial charge on any atom is 0.166 e. The molecule has 0 unspecified atom stereocenters. The summed E-state index contributed by atoms with van der Waals surface area (Å²) < 4.78 is 4.80. The van der Waals surface area contributed by atoms with E-state index in [1.807, 2.05) is 36.4 Å². The van der Waals surface area contributed by atoms with Crippen molar-refractivity contribution in [2.45, 2.75) is 6.92 Å². The number of fused-ring (bicyclic) bond motifs is 6. The summed E-state index contributed by atoms with van der Waals surface area (Å²) in [6.45, 7) is 2.13. The van der Waals surface area contributed by atoms with Gasteiger partial charge in [0.2, 0.25) is 0 Å². The maximum absolute atomic E-state index is 5.36. The molecule has 5 heteroatoms. The Morgan fingerprint density at radius 2 is 0.841 bits per heavy atom. The Bertz CT molecular complexity index is 3600. The Kier molecular flexibility index (Phi) is 8.64. The highest BCUT2D eigenvalue weighted by Crippen LogP contribution is 2.42. The van der Waals surface area contributed by atoms with Crippen LogP contribution >= 0.6 is 0 Å². The van der Waals surface area contributed by atoms with E-state index in [0.29, 0.717) is 17.5 Å². The third-order valence-corrected chi connectivity index (χ3v) is 12.3. The topological polar surface area (TPSA) is 48.5 Å². The molecule has 0 saturated carbocycles. The summed E-state index contributed by atoms with van der Waals surface area (Å²) in [7, 11) is 0. The second kappa shape index (κ2) is 14.9. The first-order valence-corrected chi connectivity index (χ1v) is 21.4. The zero-order valence-corrected chi connectivity index (χ0v) is 34.5. The molecule has 5 nitrogen and oxygen atoms in total. The fraction of sp³-hybridized carbons (Fsp3) is 0.0172. The predicted molar refractivity (Wildman–Crippen MR) is 260 cm³/mol. The Morgan fingerprint density at radius 1 is 0.317 bits per heavy atom. The number of para-hydroxylation sites is 4. The summed E-state index contributed by atoms with van der Waals surface area (Å²) in [5.74, 6) is 1.83. The van der Waals surface area contributed by atoms with E-state index in [2.05, 4.69) is 198 Å². The van der Waals surface area contributed by atoms with E-state index in [4.69, 9.17) is 15.0 Å². The van der Waals surface area contributed by atoms with Gasteiger partial charge in [-0.05, 0) is 66.1 Å². The molecule has 3 heterocycles. The number of aromatic nitrogens is 5. The Morgan fingerprint density at radius 3 is 1.52 bits per heavy atom. The molecule has 0 amide bonds. The van der Waals surface area contributed by atoms with Crippen LogP contribution in [0.2, 0.25) is 0 Å². The average Bonchev–Trinajstić information content (AvgIpc) is 3.87. The molecule has 0 aliphatic rings. The molecular formula is C58H39N5. The smallest absolute Gasteiger partial charge is 0.166 e. The number of rotatable bonds is 7. The van der Waals surface area contributed by atoms with Gasteiger partial charge in [0.25, 0.3) is 0 Å². The molecule has 0 aliphatic heterocycles. The average molecular weight is 806 g/mol. The number of benzene rings is 9. The van der Waals surface area contributed by atoms with E-state index >= 15 is 0 Å². The zero-order chi connectivity index (χ0) is 41.9. The van der Waals surface area contributed by atoms with Gasteiger partial charge in [-0.25, -0.2) is 15.0 Å². The van der Waals surface area contributed by atoms with Crippen molar-refractivity contribution >= 4 is 43.6 Å². The molecule has 12 aromatic rings. The van der Waals surface area contributed by atoms with Crippen LogP contribution in [-0.4, -0.2) is 24.1 Å². The third kappa shape index (κ3) is 6.21. The minimum Gasteiger partial charge on any atom is -0.309 e. The highest BCUT2D eigenvalue weighted by molar-refractivity contribution is 6.14. The summed E-state index contributed by atoms with van der Waals surface area (Å²) >= 11 is 0. The van der Waals surface area contributed by atoms with Gasteiger partial charge in [-0.3, -0.25) is 0 Å². The molecule has 9 aromatic carbocycles. The fourth-order valence-electron chi connectivity index (χ4n) is 9.26. The summed E-state index contributed by atoms with van der Waals surface area (Å²) in [5, 5.41) is 4.77. The number of hydrogen-bond donors (Lipinski definition) is 0. The molecule has 0 saturated heterocycles. The normalized spacial score (nSPS) is 11.6. The third-order valence-electron chi connectivity index (χ3n) is 12.3. The fourth-order valence-corrected chi connectivity index (χ4v) is 9.26. The number of hydrogen-bond acceptors (Lipinski definition) is 3. The highest BCUT2D eigenvalue weighted by atomic mass is 15.1. The van der Waals surface area contributed by atoms with Crippen molar-refractivity contribution in [3.63, 3.8) is 0 Å². The minimum atomic E-state index is 0.593. The van der Waals surface area contributed by atoms with Crippen molar-refractivity contribution in [1.29, 1.82) is 0 Å². The second-order valence-electron chi connectivity index (χ2n) is 16.1. The van der Waals surface area contributed by atoms with E-state index in [1.54, 1.807) is 0 Å². The largest absolute Gasteiger partial charge is 0.309 e. The van der Waals surface area contributed by atoms with Crippen LogP contribution in [0.1, 0.15) is 5.56 Å². The van der Waals surface area contributed by atoms with Crippen molar-refractivity contribution in [3.8, 4) is 67.8 Å². The van der Waals surface area contributed by atoms with Crippen molar-refractivity contribution in [3.05, 3.63) is 224 Å². The van der Waals surface area contributed by atoms with Gasteiger partial charge in [0, 0.05) is 49.5 Å². The highest BCUT2D eigenvalue weighted by Gasteiger charge is 2.23. The van der Waals surface area contributed by atoms with Gasteiger partial charge in [-0.2, -0.15) is 0 Å². The van der Waals surface area contributed by atoms with Crippen LogP contribution in [-0.2, 0) is 0 Å². The van der Waals surface area contributed by atoms with Crippen molar-refractivity contribution < 1.29 is 0 Å². The lowest BCUT2D eigenvalue weighted by atomic mass is 9.98. The van der Waals surface area contributed by atoms with Gasteiger partial charge in [-0.1, -0.05) is 181 Å². The molecule has 0 spiro atoms. The van der Waals surface area contributed by atoms with E-state index < -0.39 is 0 Å². The monoisotopic (exact) mass is 805 g/mol. The van der Waals surface area contributed by atoms with Crippen molar-refractivity contribution in [2.24, 2.45) is 0 Å². The minimum absolute atomic E-state index is 0.593. The van der Waals surface area contributed by atoms with Gasteiger partial charge in [-0.15, -0.1) is 0 Å². The lowest BCUT2D eigenvalue weighted by Gasteiger charge is -2.17. The van der Waals surface area contributed by atoms with Crippen LogP contribution in [0.3, 0.4) is 0 Å². The summed E-state index contributed by atoms with van der Waals surface area (Å²) in [4.78, 5) is 15.8. The van der Waals surface area contributed by atoms with Gasteiger partial charge in [0.1, 0.15) is 0 Å². The molecule has 296 valence electrons. The molecule has 12 rings (SSSR count). The second-order valence-corrected chi connectivity index (χ2v) is 16.1.